The van der Waals surface area contributed by atoms with Crippen LogP contribution in [0.5, 0.6) is 0 Å². The first-order valence-corrected chi connectivity index (χ1v) is 6.08. The molecule has 0 amide bonds. The van der Waals surface area contributed by atoms with Gasteiger partial charge in [-0.25, -0.2) is 9.97 Å². The fourth-order valence-electron chi connectivity index (χ4n) is 1.82. The zero-order valence-electron chi connectivity index (χ0n) is 10.5. The minimum atomic E-state index is 0.476. The molecule has 0 aliphatic heterocycles. The first-order chi connectivity index (χ1) is 7.72. The van der Waals surface area contributed by atoms with Crippen molar-refractivity contribution in [3.8, 4) is 0 Å². The van der Waals surface area contributed by atoms with Gasteiger partial charge in [0.25, 0.3) is 0 Å². The Bertz CT molecular complexity index is 325. The molecule has 0 spiro atoms. The number of anilines is 2. The summed E-state index contributed by atoms with van der Waals surface area (Å²) in [7, 11) is 0. The van der Waals surface area contributed by atoms with Crippen LogP contribution in [0.2, 0.25) is 0 Å². The Balaban J connectivity index is 2.82. The zero-order valence-corrected chi connectivity index (χ0v) is 10.5. The van der Waals surface area contributed by atoms with Crippen LogP contribution >= 0.6 is 0 Å². The maximum atomic E-state index is 5.83. The van der Waals surface area contributed by atoms with Crippen LogP contribution in [0, 0.1) is 0 Å². The van der Waals surface area contributed by atoms with Gasteiger partial charge in [0.05, 0.1) is 0 Å². The number of aromatic nitrogens is 2. The van der Waals surface area contributed by atoms with Gasteiger partial charge in [0.1, 0.15) is 18.0 Å². The predicted octanol–water partition coefficient (Wildman–Crippen LogP) is 2.61. The molecule has 1 rings (SSSR count). The summed E-state index contributed by atoms with van der Waals surface area (Å²) in [6.07, 6.45) is 5.81. The highest BCUT2D eigenvalue weighted by atomic mass is 15.1. The smallest absolute Gasteiger partial charge is 0.134 e. The number of hydrogen-bond acceptors (Lipinski definition) is 4. The molecule has 1 aromatic rings. The van der Waals surface area contributed by atoms with Crippen molar-refractivity contribution in [1.82, 2.24) is 9.97 Å². The van der Waals surface area contributed by atoms with Crippen LogP contribution in [-0.2, 0) is 6.42 Å². The van der Waals surface area contributed by atoms with Gasteiger partial charge in [-0.1, -0.05) is 27.2 Å². The Labute approximate surface area is 97.7 Å². The molecule has 90 valence electrons. The van der Waals surface area contributed by atoms with E-state index < -0.39 is 0 Å². The second kappa shape index (κ2) is 6.30. The summed E-state index contributed by atoms with van der Waals surface area (Å²) in [6.45, 7) is 6.45. The fraction of sp³-hybridized carbons (Fsp3) is 0.667. The molecule has 0 bridgehead atoms. The van der Waals surface area contributed by atoms with E-state index >= 15 is 0 Å². The van der Waals surface area contributed by atoms with E-state index in [2.05, 4.69) is 36.1 Å². The van der Waals surface area contributed by atoms with Crippen molar-refractivity contribution in [1.29, 1.82) is 0 Å². The number of rotatable bonds is 6. The summed E-state index contributed by atoms with van der Waals surface area (Å²) in [5.74, 6) is 1.49. The van der Waals surface area contributed by atoms with Crippen LogP contribution in [0.15, 0.2) is 6.33 Å². The predicted molar refractivity (Wildman–Crippen MR) is 68.4 cm³/mol. The molecule has 3 N–H and O–H groups in total. The number of nitrogen functional groups attached to an aromatic ring is 1. The number of nitrogens with zero attached hydrogens (tertiary/aromatic N) is 2. The molecule has 4 nitrogen and oxygen atoms in total. The molecule has 1 heterocycles. The third-order valence-electron chi connectivity index (χ3n) is 2.80. The zero-order chi connectivity index (χ0) is 12.0. The molecule has 1 aromatic heterocycles. The fourth-order valence-corrected chi connectivity index (χ4v) is 1.82. The van der Waals surface area contributed by atoms with Crippen LogP contribution in [0.4, 0.5) is 11.6 Å². The molecule has 16 heavy (non-hydrogen) atoms. The van der Waals surface area contributed by atoms with Crippen molar-refractivity contribution in [2.45, 2.75) is 52.5 Å². The Hall–Kier alpha value is -1.32. The third-order valence-corrected chi connectivity index (χ3v) is 2.80. The van der Waals surface area contributed by atoms with E-state index in [4.69, 9.17) is 5.73 Å². The molecule has 4 heteroatoms. The van der Waals surface area contributed by atoms with Crippen molar-refractivity contribution in [3.05, 3.63) is 11.9 Å². The van der Waals surface area contributed by atoms with E-state index in [9.17, 15) is 0 Å². The molecule has 1 unspecified atom stereocenters. The molecule has 0 aliphatic rings. The lowest BCUT2D eigenvalue weighted by Gasteiger charge is -2.19. The first-order valence-electron chi connectivity index (χ1n) is 6.08. The first kappa shape index (κ1) is 12.7. The van der Waals surface area contributed by atoms with E-state index in [0.717, 1.165) is 30.6 Å². The quantitative estimate of drug-likeness (QED) is 0.776. The molecule has 0 aliphatic carbocycles. The van der Waals surface area contributed by atoms with Gasteiger partial charge in [0.15, 0.2) is 0 Å². The second-order valence-corrected chi connectivity index (χ2v) is 3.98. The van der Waals surface area contributed by atoms with Gasteiger partial charge in [-0.05, 0) is 19.3 Å². The lowest BCUT2D eigenvalue weighted by Crippen LogP contribution is -2.20. The van der Waals surface area contributed by atoms with Gasteiger partial charge in [0.2, 0.25) is 0 Å². The van der Waals surface area contributed by atoms with Gasteiger partial charge >= 0.3 is 0 Å². The summed E-state index contributed by atoms with van der Waals surface area (Å²) in [5.41, 5.74) is 6.86. The Kier molecular flexibility index (Phi) is 5.02. The Morgan fingerprint density at radius 1 is 1.31 bits per heavy atom. The average Bonchev–Trinajstić information content (AvgIpc) is 2.28. The lowest BCUT2D eigenvalue weighted by molar-refractivity contribution is 0.619. The Morgan fingerprint density at radius 2 is 2.06 bits per heavy atom. The van der Waals surface area contributed by atoms with Crippen LogP contribution < -0.4 is 11.1 Å². The van der Waals surface area contributed by atoms with Crippen molar-refractivity contribution < 1.29 is 0 Å². The van der Waals surface area contributed by atoms with Crippen LogP contribution in [-0.4, -0.2) is 16.0 Å². The number of nitrogens with one attached hydrogen (secondary N) is 1. The van der Waals surface area contributed by atoms with Crippen LogP contribution in [0.25, 0.3) is 0 Å². The van der Waals surface area contributed by atoms with Gasteiger partial charge in [-0.3, -0.25) is 0 Å². The summed E-state index contributed by atoms with van der Waals surface area (Å²) in [6, 6.07) is 0.476. The largest absolute Gasteiger partial charge is 0.383 e. The molecule has 0 aromatic carbocycles. The van der Waals surface area contributed by atoms with Gasteiger partial charge in [-0.15, -0.1) is 0 Å². The highest BCUT2D eigenvalue weighted by Crippen LogP contribution is 2.19. The topological polar surface area (TPSA) is 63.8 Å². The number of hydrogen-bond donors (Lipinski definition) is 2. The van der Waals surface area contributed by atoms with Crippen LogP contribution in [0.1, 0.15) is 45.6 Å². The highest BCUT2D eigenvalue weighted by Gasteiger charge is 2.11. The minimum Gasteiger partial charge on any atom is -0.383 e. The monoisotopic (exact) mass is 222 g/mol. The normalized spacial score (nSPS) is 12.4. The second-order valence-electron chi connectivity index (χ2n) is 3.98. The molecular formula is C12H22N4. The molecule has 1 atom stereocenters. The van der Waals surface area contributed by atoms with Gasteiger partial charge in [-0.2, -0.15) is 0 Å². The summed E-state index contributed by atoms with van der Waals surface area (Å²) in [4.78, 5) is 8.29. The Morgan fingerprint density at radius 3 is 2.62 bits per heavy atom. The van der Waals surface area contributed by atoms with E-state index in [0.29, 0.717) is 11.9 Å². The van der Waals surface area contributed by atoms with E-state index in [1.54, 1.807) is 0 Å². The van der Waals surface area contributed by atoms with E-state index in [-0.39, 0.29) is 0 Å². The maximum Gasteiger partial charge on any atom is 0.134 e. The number of nitrogens with two attached hydrogens (primary N) is 1. The summed E-state index contributed by atoms with van der Waals surface area (Å²) < 4.78 is 0. The highest BCUT2D eigenvalue weighted by molar-refractivity contribution is 5.55. The van der Waals surface area contributed by atoms with Gasteiger partial charge in [0, 0.05) is 11.6 Å². The van der Waals surface area contributed by atoms with E-state index in [1.165, 1.54) is 12.7 Å². The SMILES string of the molecule is CCCC(CC)Nc1ncnc(N)c1CC. The molecule has 0 saturated carbocycles. The minimum absolute atomic E-state index is 0.476. The maximum absolute atomic E-state index is 5.83. The van der Waals surface area contributed by atoms with Crippen molar-refractivity contribution in [3.63, 3.8) is 0 Å². The van der Waals surface area contributed by atoms with Crippen molar-refractivity contribution in [2.75, 3.05) is 11.1 Å². The molecule has 0 saturated heterocycles. The van der Waals surface area contributed by atoms with Crippen molar-refractivity contribution in [2.24, 2.45) is 0 Å². The standard InChI is InChI=1S/C12H22N4/c1-4-7-9(5-2)16-12-10(6-3)11(13)14-8-15-12/h8-9H,4-7H2,1-3H3,(H3,13,14,15,16). The third kappa shape index (κ3) is 3.08. The van der Waals surface area contributed by atoms with E-state index in [1.807, 2.05) is 0 Å². The average molecular weight is 222 g/mol. The summed E-state index contributed by atoms with van der Waals surface area (Å²) >= 11 is 0. The lowest BCUT2D eigenvalue weighted by atomic mass is 10.1. The van der Waals surface area contributed by atoms with Crippen LogP contribution in [0.3, 0.4) is 0 Å². The molecular weight excluding hydrogens is 200 g/mol. The van der Waals surface area contributed by atoms with Gasteiger partial charge < -0.3 is 11.1 Å². The molecule has 0 fully saturated rings. The molecule has 0 radical (unpaired) electrons. The summed E-state index contributed by atoms with van der Waals surface area (Å²) in [5, 5.41) is 3.46. The van der Waals surface area contributed by atoms with Crippen molar-refractivity contribution >= 4 is 11.6 Å².